The first kappa shape index (κ1) is 9.26. The van der Waals surface area contributed by atoms with Crippen LogP contribution in [0.3, 0.4) is 0 Å². The Balaban J connectivity index is 2.36. The predicted molar refractivity (Wildman–Crippen MR) is 53.8 cm³/mol. The Kier molecular flexibility index (Phi) is 2.37. The topological polar surface area (TPSA) is 81.8 Å². The van der Waals surface area contributed by atoms with Crippen molar-refractivity contribution < 1.29 is 4.79 Å². The van der Waals surface area contributed by atoms with E-state index in [4.69, 9.17) is 5.73 Å². The zero-order valence-corrected chi connectivity index (χ0v) is 7.79. The highest BCUT2D eigenvalue weighted by Gasteiger charge is 2.03. The molecule has 15 heavy (non-hydrogen) atoms. The summed E-state index contributed by atoms with van der Waals surface area (Å²) in [7, 11) is 0. The van der Waals surface area contributed by atoms with E-state index in [0.717, 1.165) is 5.56 Å². The molecule has 5 nitrogen and oxygen atoms in total. The van der Waals surface area contributed by atoms with Crippen LogP contribution in [-0.4, -0.2) is 20.9 Å². The second-order valence-corrected chi connectivity index (χ2v) is 2.90. The van der Waals surface area contributed by atoms with Gasteiger partial charge in [0.2, 0.25) is 0 Å². The number of pyridine rings is 1. The van der Waals surface area contributed by atoms with Crippen molar-refractivity contribution in [3.8, 4) is 11.4 Å². The van der Waals surface area contributed by atoms with Crippen LogP contribution in [0.2, 0.25) is 0 Å². The number of aromatic nitrogens is 3. The molecule has 0 saturated carbocycles. The van der Waals surface area contributed by atoms with Crippen LogP contribution in [0.1, 0.15) is 10.4 Å². The molecule has 1 amide bonds. The van der Waals surface area contributed by atoms with Crippen molar-refractivity contribution in [3.05, 3.63) is 42.5 Å². The van der Waals surface area contributed by atoms with Gasteiger partial charge in [-0.1, -0.05) is 0 Å². The van der Waals surface area contributed by atoms with E-state index in [-0.39, 0.29) is 0 Å². The second kappa shape index (κ2) is 3.83. The summed E-state index contributed by atoms with van der Waals surface area (Å²) in [6.45, 7) is 0. The quantitative estimate of drug-likeness (QED) is 0.771. The number of carbonyl (C=O) groups is 1. The zero-order chi connectivity index (χ0) is 10.7. The van der Waals surface area contributed by atoms with Crippen LogP contribution in [0.4, 0.5) is 0 Å². The van der Waals surface area contributed by atoms with Crippen LogP contribution < -0.4 is 5.73 Å². The van der Waals surface area contributed by atoms with Crippen molar-refractivity contribution in [2.75, 3.05) is 0 Å². The lowest BCUT2D eigenvalue weighted by molar-refractivity contribution is 0.0999. The third-order valence-corrected chi connectivity index (χ3v) is 1.86. The molecule has 0 saturated heterocycles. The van der Waals surface area contributed by atoms with Crippen LogP contribution in [0, 0.1) is 0 Å². The Morgan fingerprint density at radius 2 is 1.93 bits per heavy atom. The number of amides is 1. The lowest BCUT2D eigenvalue weighted by atomic mass is 10.2. The zero-order valence-electron chi connectivity index (χ0n) is 7.79. The van der Waals surface area contributed by atoms with Gasteiger partial charge in [-0.15, -0.1) is 0 Å². The molecular weight excluding hydrogens is 192 g/mol. The summed E-state index contributed by atoms with van der Waals surface area (Å²) < 4.78 is 0. The van der Waals surface area contributed by atoms with Gasteiger partial charge in [-0.3, -0.25) is 9.78 Å². The second-order valence-electron chi connectivity index (χ2n) is 2.90. The summed E-state index contributed by atoms with van der Waals surface area (Å²) in [6, 6.07) is 3.63. The third kappa shape index (κ3) is 1.96. The summed E-state index contributed by atoms with van der Waals surface area (Å²) >= 11 is 0. The van der Waals surface area contributed by atoms with E-state index in [9.17, 15) is 4.79 Å². The van der Waals surface area contributed by atoms with Crippen molar-refractivity contribution in [2.45, 2.75) is 0 Å². The molecule has 2 rings (SSSR count). The van der Waals surface area contributed by atoms with E-state index in [0.29, 0.717) is 11.4 Å². The van der Waals surface area contributed by atoms with Gasteiger partial charge >= 0.3 is 0 Å². The van der Waals surface area contributed by atoms with Crippen LogP contribution in [0.15, 0.2) is 36.9 Å². The summed E-state index contributed by atoms with van der Waals surface area (Å²) in [5, 5.41) is 0. The molecule has 2 aromatic rings. The summed E-state index contributed by atoms with van der Waals surface area (Å²) in [4.78, 5) is 22.8. The number of rotatable bonds is 2. The van der Waals surface area contributed by atoms with Crippen LogP contribution in [0.25, 0.3) is 11.4 Å². The van der Waals surface area contributed by atoms with Crippen LogP contribution in [0.5, 0.6) is 0 Å². The van der Waals surface area contributed by atoms with Gasteiger partial charge in [0.25, 0.3) is 5.91 Å². The molecule has 2 heterocycles. The molecular formula is C10H8N4O. The first-order valence-corrected chi connectivity index (χ1v) is 4.29. The molecule has 2 aromatic heterocycles. The molecule has 0 aliphatic heterocycles. The molecule has 0 aromatic carbocycles. The van der Waals surface area contributed by atoms with Crippen molar-refractivity contribution in [1.29, 1.82) is 0 Å². The lowest BCUT2D eigenvalue weighted by Crippen LogP contribution is -2.11. The molecule has 5 heteroatoms. The lowest BCUT2D eigenvalue weighted by Gasteiger charge is -1.99. The molecule has 0 aliphatic carbocycles. The molecule has 0 radical (unpaired) electrons. The minimum Gasteiger partial charge on any atom is -0.366 e. The van der Waals surface area contributed by atoms with Gasteiger partial charge in [0.15, 0.2) is 5.82 Å². The van der Waals surface area contributed by atoms with Gasteiger partial charge in [0, 0.05) is 30.4 Å². The fourth-order valence-electron chi connectivity index (χ4n) is 1.10. The van der Waals surface area contributed by atoms with E-state index in [1.165, 1.54) is 12.4 Å². The van der Waals surface area contributed by atoms with Gasteiger partial charge in [-0.25, -0.2) is 9.97 Å². The predicted octanol–water partition coefficient (Wildman–Crippen LogP) is 0.637. The average Bonchev–Trinajstić information content (AvgIpc) is 2.30. The summed E-state index contributed by atoms with van der Waals surface area (Å²) in [5.41, 5.74) is 6.16. The SMILES string of the molecule is NC(=O)c1cnc(-c2cccnc2)nc1. The van der Waals surface area contributed by atoms with Crippen molar-refractivity contribution in [1.82, 2.24) is 15.0 Å². The molecule has 0 fully saturated rings. The van der Waals surface area contributed by atoms with E-state index in [2.05, 4.69) is 15.0 Å². The van der Waals surface area contributed by atoms with Gasteiger partial charge in [-0.05, 0) is 12.1 Å². The average molecular weight is 200 g/mol. The molecule has 0 unspecified atom stereocenters. The highest BCUT2D eigenvalue weighted by atomic mass is 16.1. The number of carbonyl (C=O) groups excluding carboxylic acids is 1. The number of hydrogen-bond donors (Lipinski definition) is 1. The first-order valence-electron chi connectivity index (χ1n) is 4.29. The summed E-state index contributed by atoms with van der Waals surface area (Å²) in [6.07, 6.45) is 6.12. The fourth-order valence-corrected chi connectivity index (χ4v) is 1.10. The maximum absolute atomic E-state index is 10.8. The highest BCUT2D eigenvalue weighted by Crippen LogP contribution is 2.11. The van der Waals surface area contributed by atoms with E-state index in [1.54, 1.807) is 18.5 Å². The minimum atomic E-state index is -0.535. The standard InChI is InChI=1S/C10H8N4O/c11-9(15)8-5-13-10(14-6-8)7-2-1-3-12-4-7/h1-6H,(H2,11,15). The molecule has 0 bridgehead atoms. The maximum atomic E-state index is 10.8. The van der Waals surface area contributed by atoms with Crippen molar-refractivity contribution in [2.24, 2.45) is 5.73 Å². The first-order chi connectivity index (χ1) is 7.27. The molecule has 0 atom stereocenters. The molecule has 0 aliphatic rings. The molecule has 0 spiro atoms. The normalized spacial score (nSPS) is 9.87. The minimum absolute atomic E-state index is 0.294. The Labute approximate surface area is 86.0 Å². The molecule has 74 valence electrons. The van der Waals surface area contributed by atoms with Crippen LogP contribution >= 0.6 is 0 Å². The van der Waals surface area contributed by atoms with Gasteiger partial charge in [0.05, 0.1) is 5.56 Å². The number of nitrogens with zero attached hydrogens (tertiary/aromatic N) is 3. The van der Waals surface area contributed by atoms with Gasteiger partial charge < -0.3 is 5.73 Å². The smallest absolute Gasteiger partial charge is 0.251 e. The number of primary amides is 1. The maximum Gasteiger partial charge on any atom is 0.251 e. The number of hydrogen-bond acceptors (Lipinski definition) is 4. The highest BCUT2D eigenvalue weighted by molar-refractivity contribution is 5.92. The van der Waals surface area contributed by atoms with Crippen molar-refractivity contribution >= 4 is 5.91 Å². The number of nitrogens with two attached hydrogens (primary N) is 1. The van der Waals surface area contributed by atoms with Gasteiger partial charge in [-0.2, -0.15) is 0 Å². The van der Waals surface area contributed by atoms with Gasteiger partial charge in [0.1, 0.15) is 0 Å². The van der Waals surface area contributed by atoms with E-state index < -0.39 is 5.91 Å². The Morgan fingerprint density at radius 3 is 2.47 bits per heavy atom. The Hall–Kier alpha value is -2.30. The third-order valence-electron chi connectivity index (χ3n) is 1.86. The van der Waals surface area contributed by atoms with E-state index >= 15 is 0 Å². The summed E-state index contributed by atoms with van der Waals surface area (Å²) in [5.74, 6) is -0.0131. The van der Waals surface area contributed by atoms with Crippen molar-refractivity contribution in [3.63, 3.8) is 0 Å². The largest absolute Gasteiger partial charge is 0.366 e. The Bertz CT molecular complexity index is 467. The van der Waals surface area contributed by atoms with Crippen LogP contribution in [-0.2, 0) is 0 Å². The fraction of sp³-hybridized carbons (Fsp3) is 0. The molecule has 2 N–H and O–H groups in total. The Morgan fingerprint density at radius 1 is 1.20 bits per heavy atom. The monoisotopic (exact) mass is 200 g/mol. The van der Waals surface area contributed by atoms with E-state index in [1.807, 2.05) is 6.07 Å².